The summed E-state index contributed by atoms with van der Waals surface area (Å²) in [6.45, 7) is 2.19. The average molecular weight is 421 g/mol. The molecule has 0 saturated carbocycles. The lowest BCUT2D eigenvalue weighted by molar-refractivity contribution is -0.384. The van der Waals surface area contributed by atoms with Gasteiger partial charge in [0, 0.05) is 11.8 Å². The van der Waals surface area contributed by atoms with Crippen LogP contribution in [0.2, 0.25) is 0 Å². The number of hydrogen-bond acceptors (Lipinski definition) is 6. The maximum absolute atomic E-state index is 12.5. The van der Waals surface area contributed by atoms with E-state index in [4.69, 9.17) is 9.47 Å². The van der Waals surface area contributed by atoms with Gasteiger partial charge in [0.15, 0.2) is 0 Å². The summed E-state index contributed by atoms with van der Waals surface area (Å²) in [6.07, 6.45) is 0. The fourth-order valence-corrected chi connectivity index (χ4v) is 2.84. The standard InChI is InChI=1S/C23H23N3O5/c1-16(23(27)25-21-13-10-19(26(28)29)14-22(21)30-2)24-18-8-11-20(12-9-18)31-15-17-6-4-3-5-7-17/h3-14,16,24H,15H2,1-2H3,(H,25,27)/t16-/m1/s1. The van der Waals surface area contributed by atoms with E-state index >= 15 is 0 Å². The largest absolute Gasteiger partial charge is 0.494 e. The van der Waals surface area contributed by atoms with Crippen LogP contribution < -0.4 is 20.1 Å². The Hall–Kier alpha value is -4.07. The van der Waals surface area contributed by atoms with E-state index in [1.165, 1.54) is 25.3 Å². The number of carbonyl (C=O) groups excluding carboxylic acids is 1. The molecule has 31 heavy (non-hydrogen) atoms. The molecule has 0 aromatic heterocycles. The van der Waals surface area contributed by atoms with Crippen molar-refractivity contribution in [3.63, 3.8) is 0 Å². The minimum atomic E-state index is -0.559. The highest BCUT2D eigenvalue weighted by molar-refractivity contribution is 5.97. The highest BCUT2D eigenvalue weighted by Gasteiger charge is 2.17. The Labute approximate surface area is 180 Å². The van der Waals surface area contributed by atoms with Crippen molar-refractivity contribution in [2.75, 3.05) is 17.7 Å². The average Bonchev–Trinajstić information content (AvgIpc) is 2.79. The minimum Gasteiger partial charge on any atom is -0.494 e. The van der Waals surface area contributed by atoms with Crippen molar-refractivity contribution in [1.29, 1.82) is 0 Å². The van der Waals surface area contributed by atoms with Crippen LogP contribution in [0.5, 0.6) is 11.5 Å². The number of methoxy groups -OCH3 is 1. The number of amides is 1. The Morgan fingerprint density at radius 1 is 1.06 bits per heavy atom. The predicted octanol–water partition coefficient (Wildman–Crippen LogP) is 4.62. The molecule has 8 nitrogen and oxygen atoms in total. The fourth-order valence-electron chi connectivity index (χ4n) is 2.84. The minimum absolute atomic E-state index is 0.115. The number of benzene rings is 3. The van der Waals surface area contributed by atoms with Gasteiger partial charge in [-0.05, 0) is 42.8 Å². The van der Waals surface area contributed by atoms with Gasteiger partial charge in [0.05, 0.1) is 23.8 Å². The Bertz CT molecular complexity index is 1040. The molecule has 0 spiro atoms. The second-order valence-corrected chi connectivity index (χ2v) is 6.80. The van der Waals surface area contributed by atoms with Crippen LogP contribution in [0.25, 0.3) is 0 Å². The van der Waals surface area contributed by atoms with Gasteiger partial charge < -0.3 is 20.1 Å². The van der Waals surface area contributed by atoms with Crippen molar-refractivity contribution in [2.24, 2.45) is 0 Å². The summed E-state index contributed by atoms with van der Waals surface area (Å²) in [6, 6.07) is 20.7. The van der Waals surface area contributed by atoms with Crippen molar-refractivity contribution in [2.45, 2.75) is 19.6 Å². The van der Waals surface area contributed by atoms with Crippen LogP contribution in [-0.4, -0.2) is 24.0 Å². The number of non-ortho nitro benzene ring substituents is 1. The van der Waals surface area contributed by atoms with Crippen LogP contribution in [-0.2, 0) is 11.4 Å². The topological polar surface area (TPSA) is 103 Å². The van der Waals surface area contributed by atoms with Gasteiger partial charge in [-0.25, -0.2) is 0 Å². The van der Waals surface area contributed by atoms with Gasteiger partial charge in [0.2, 0.25) is 5.91 Å². The molecule has 3 rings (SSSR count). The molecule has 0 aliphatic carbocycles. The van der Waals surface area contributed by atoms with Gasteiger partial charge in [0.1, 0.15) is 24.1 Å². The second-order valence-electron chi connectivity index (χ2n) is 6.80. The molecule has 0 saturated heterocycles. The van der Waals surface area contributed by atoms with Gasteiger partial charge in [-0.2, -0.15) is 0 Å². The third-order valence-corrected chi connectivity index (χ3v) is 4.53. The van der Waals surface area contributed by atoms with Crippen LogP contribution >= 0.6 is 0 Å². The number of hydrogen-bond donors (Lipinski definition) is 2. The van der Waals surface area contributed by atoms with Gasteiger partial charge in [-0.1, -0.05) is 30.3 Å². The van der Waals surface area contributed by atoms with E-state index in [2.05, 4.69) is 10.6 Å². The third-order valence-electron chi connectivity index (χ3n) is 4.53. The van der Waals surface area contributed by atoms with E-state index < -0.39 is 11.0 Å². The number of nitrogens with zero attached hydrogens (tertiary/aromatic N) is 1. The first-order valence-electron chi connectivity index (χ1n) is 9.63. The Balaban J connectivity index is 1.56. The lowest BCUT2D eigenvalue weighted by Crippen LogP contribution is -2.32. The van der Waals surface area contributed by atoms with Crippen molar-refractivity contribution in [3.8, 4) is 11.5 Å². The number of rotatable bonds is 9. The van der Waals surface area contributed by atoms with E-state index in [9.17, 15) is 14.9 Å². The van der Waals surface area contributed by atoms with Crippen molar-refractivity contribution >= 4 is 23.0 Å². The Kier molecular flexibility index (Phi) is 7.05. The highest BCUT2D eigenvalue weighted by Crippen LogP contribution is 2.29. The lowest BCUT2D eigenvalue weighted by Gasteiger charge is -2.17. The zero-order chi connectivity index (χ0) is 22.2. The molecule has 3 aromatic carbocycles. The monoisotopic (exact) mass is 421 g/mol. The highest BCUT2D eigenvalue weighted by atomic mass is 16.6. The first-order valence-corrected chi connectivity index (χ1v) is 9.63. The second kappa shape index (κ2) is 10.1. The number of anilines is 2. The quantitative estimate of drug-likeness (QED) is 0.386. The number of nitrogens with one attached hydrogen (secondary N) is 2. The molecule has 1 amide bonds. The zero-order valence-electron chi connectivity index (χ0n) is 17.2. The molecule has 3 aromatic rings. The van der Waals surface area contributed by atoms with Gasteiger partial charge >= 0.3 is 0 Å². The molecule has 0 fully saturated rings. The van der Waals surface area contributed by atoms with Gasteiger partial charge in [-0.15, -0.1) is 0 Å². The number of ether oxygens (including phenoxy) is 2. The first-order chi connectivity index (χ1) is 15.0. The summed E-state index contributed by atoms with van der Waals surface area (Å²) >= 11 is 0. The maximum atomic E-state index is 12.5. The van der Waals surface area contributed by atoms with Crippen LogP contribution in [0.4, 0.5) is 17.1 Å². The van der Waals surface area contributed by atoms with E-state index in [-0.39, 0.29) is 17.3 Å². The van der Waals surface area contributed by atoms with E-state index in [1.807, 2.05) is 54.6 Å². The Morgan fingerprint density at radius 3 is 2.42 bits per heavy atom. The van der Waals surface area contributed by atoms with E-state index in [1.54, 1.807) is 6.92 Å². The molecule has 8 heteroatoms. The van der Waals surface area contributed by atoms with E-state index in [0.717, 1.165) is 17.0 Å². The summed E-state index contributed by atoms with van der Waals surface area (Å²) in [5, 5.41) is 16.7. The summed E-state index contributed by atoms with van der Waals surface area (Å²) in [5.41, 5.74) is 2.08. The van der Waals surface area contributed by atoms with Crippen LogP contribution in [0.15, 0.2) is 72.8 Å². The van der Waals surface area contributed by atoms with Crippen molar-refractivity contribution in [3.05, 3.63) is 88.5 Å². The first kappa shape index (κ1) is 21.6. The van der Waals surface area contributed by atoms with Crippen LogP contribution in [0, 0.1) is 10.1 Å². The molecular formula is C23H23N3O5. The number of nitro benzene ring substituents is 1. The molecular weight excluding hydrogens is 398 g/mol. The molecule has 160 valence electrons. The lowest BCUT2D eigenvalue weighted by atomic mass is 10.2. The molecule has 0 aliphatic heterocycles. The molecule has 0 aliphatic rings. The Morgan fingerprint density at radius 2 is 1.77 bits per heavy atom. The molecule has 0 heterocycles. The predicted molar refractivity (Wildman–Crippen MR) is 119 cm³/mol. The number of carbonyl (C=O) groups is 1. The van der Waals surface area contributed by atoms with Crippen LogP contribution in [0.1, 0.15) is 12.5 Å². The smallest absolute Gasteiger partial charge is 0.273 e. The SMILES string of the molecule is COc1cc([N+](=O)[O-])ccc1NC(=O)[C@@H](C)Nc1ccc(OCc2ccccc2)cc1. The normalized spacial score (nSPS) is 11.3. The molecule has 0 bridgehead atoms. The summed E-state index contributed by atoms with van der Waals surface area (Å²) in [5.74, 6) is 0.633. The van der Waals surface area contributed by atoms with Crippen molar-refractivity contribution < 1.29 is 19.2 Å². The zero-order valence-corrected chi connectivity index (χ0v) is 17.2. The summed E-state index contributed by atoms with van der Waals surface area (Å²) < 4.78 is 10.9. The van der Waals surface area contributed by atoms with Gasteiger partial charge in [-0.3, -0.25) is 14.9 Å². The third kappa shape index (κ3) is 5.96. The summed E-state index contributed by atoms with van der Waals surface area (Å²) in [4.78, 5) is 22.9. The molecule has 2 N–H and O–H groups in total. The maximum Gasteiger partial charge on any atom is 0.273 e. The summed E-state index contributed by atoms with van der Waals surface area (Å²) in [7, 11) is 1.39. The fraction of sp³-hybridized carbons (Fsp3) is 0.174. The van der Waals surface area contributed by atoms with Crippen molar-refractivity contribution in [1.82, 2.24) is 0 Å². The molecule has 0 radical (unpaired) electrons. The molecule has 1 atom stereocenters. The number of nitro groups is 1. The van der Waals surface area contributed by atoms with Gasteiger partial charge in [0.25, 0.3) is 5.69 Å². The van der Waals surface area contributed by atoms with E-state index in [0.29, 0.717) is 12.3 Å². The van der Waals surface area contributed by atoms with Crippen LogP contribution in [0.3, 0.4) is 0 Å². The molecule has 0 unspecified atom stereocenters.